The monoisotopic (exact) mass is 491 g/mol. The molecular weight excluding hydrogens is 442 g/mol. The SMILES string of the molecule is COC1CCC(C2CNC(NC3CCCC(C(=O)N4CCN(CC5CCCO5)CC4)C3)NC2)CC1. The van der Waals surface area contributed by atoms with Gasteiger partial charge in [0.15, 0.2) is 0 Å². The van der Waals surface area contributed by atoms with Crippen molar-refractivity contribution in [2.45, 2.75) is 88.7 Å². The minimum atomic E-state index is 0.168. The van der Waals surface area contributed by atoms with Crippen molar-refractivity contribution in [3.05, 3.63) is 0 Å². The van der Waals surface area contributed by atoms with E-state index in [1.54, 1.807) is 0 Å². The van der Waals surface area contributed by atoms with Crippen molar-refractivity contribution in [2.24, 2.45) is 17.8 Å². The van der Waals surface area contributed by atoms with Crippen LogP contribution in [0, 0.1) is 17.8 Å². The van der Waals surface area contributed by atoms with Gasteiger partial charge in [-0.25, -0.2) is 0 Å². The zero-order chi connectivity index (χ0) is 24.0. The molecule has 5 fully saturated rings. The second-order valence-corrected chi connectivity index (χ2v) is 11.8. The van der Waals surface area contributed by atoms with Crippen molar-refractivity contribution in [1.29, 1.82) is 0 Å². The third-order valence-corrected chi connectivity index (χ3v) is 9.48. The molecule has 3 N–H and O–H groups in total. The summed E-state index contributed by atoms with van der Waals surface area (Å²) in [6, 6.07) is 0.414. The summed E-state index contributed by atoms with van der Waals surface area (Å²) >= 11 is 0. The van der Waals surface area contributed by atoms with Gasteiger partial charge in [-0.15, -0.1) is 0 Å². The summed E-state index contributed by atoms with van der Waals surface area (Å²) in [5.41, 5.74) is 0. The molecule has 3 atom stereocenters. The average Bonchev–Trinajstić information content (AvgIpc) is 3.42. The molecule has 3 unspecified atom stereocenters. The highest BCUT2D eigenvalue weighted by Crippen LogP contribution is 2.32. The highest BCUT2D eigenvalue weighted by atomic mass is 16.5. The van der Waals surface area contributed by atoms with Gasteiger partial charge in [-0.2, -0.15) is 0 Å². The molecule has 5 rings (SSSR count). The Balaban J connectivity index is 1.01. The number of rotatable bonds is 7. The van der Waals surface area contributed by atoms with Gasteiger partial charge in [0.25, 0.3) is 0 Å². The van der Waals surface area contributed by atoms with Crippen molar-refractivity contribution in [3.63, 3.8) is 0 Å². The molecule has 5 aliphatic rings. The molecule has 0 aromatic heterocycles. The van der Waals surface area contributed by atoms with Gasteiger partial charge in [0, 0.05) is 71.5 Å². The zero-order valence-corrected chi connectivity index (χ0v) is 21.9. The standard InChI is InChI=1S/C27H49N5O3/c1-34-24-9-7-20(8-10-24)22-17-28-27(29-18-22)30-23-5-2-4-21(16-23)26(33)32-13-11-31(12-14-32)19-25-6-3-15-35-25/h20-25,27-30H,2-19H2,1H3. The first kappa shape index (κ1) is 25.9. The summed E-state index contributed by atoms with van der Waals surface area (Å²) < 4.78 is 11.3. The van der Waals surface area contributed by atoms with E-state index < -0.39 is 0 Å². The number of ether oxygens (including phenoxy) is 2. The molecule has 200 valence electrons. The average molecular weight is 492 g/mol. The molecule has 8 nitrogen and oxygen atoms in total. The van der Waals surface area contributed by atoms with Crippen LogP contribution in [0.2, 0.25) is 0 Å². The third kappa shape index (κ3) is 6.96. The van der Waals surface area contributed by atoms with E-state index in [-0.39, 0.29) is 12.2 Å². The lowest BCUT2D eigenvalue weighted by Crippen LogP contribution is -2.63. The molecule has 0 spiro atoms. The van der Waals surface area contributed by atoms with Gasteiger partial charge in [0.05, 0.1) is 12.2 Å². The number of piperazine rings is 1. The van der Waals surface area contributed by atoms with Gasteiger partial charge in [-0.3, -0.25) is 25.6 Å². The lowest BCUT2D eigenvalue weighted by Gasteiger charge is -2.41. The van der Waals surface area contributed by atoms with Gasteiger partial charge in [0.1, 0.15) is 6.29 Å². The van der Waals surface area contributed by atoms with Crippen molar-refractivity contribution in [1.82, 2.24) is 25.8 Å². The topological polar surface area (TPSA) is 78.1 Å². The number of nitrogens with one attached hydrogen (secondary N) is 3. The van der Waals surface area contributed by atoms with Crippen LogP contribution in [0.15, 0.2) is 0 Å². The normalized spacial score (nSPS) is 39.6. The van der Waals surface area contributed by atoms with E-state index in [2.05, 4.69) is 25.8 Å². The van der Waals surface area contributed by atoms with Crippen LogP contribution in [0.5, 0.6) is 0 Å². The summed E-state index contributed by atoms with van der Waals surface area (Å²) in [4.78, 5) is 17.9. The molecule has 3 saturated heterocycles. The second kappa shape index (κ2) is 12.7. The van der Waals surface area contributed by atoms with Crippen molar-refractivity contribution >= 4 is 5.91 Å². The molecule has 0 aromatic carbocycles. The first-order valence-corrected chi connectivity index (χ1v) is 14.6. The predicted octanol–water partition coefficient (Wildman–Crippen LogP) is 1.76. The highest BCUT2D eigenvalue weighted by Gasteiger charge is 2.35. The van der Waals surface area contributed by atoms with Crippen LogP contribution in [-0.2, 0) is 14.3 Å². The largest absolute Gasteiger partial charge is 0.381 e. The molecular formula is C27H49N5O3. The van der Waals surface area contributed by atoms with Gasteiger partial charge in [-0.1, -0.05) is 6.42 Å². The number of hydrogen-bond donors (Lipinski definition) is 3. The number of carbonyl (C=O) groups excluding carboxylic acids is 1. The Morgan fingerprint density at radius 2 is 1.71 bits per heavy atom. The minimum Gasteiger partial charge on any atom is -0.381 e. The van der Waals surface area contributed by atoms with Crippen LogP contribution in [0.4, 0.5) is 0 Å². The molecule has 3 heterocycles. The van der Waals surface area contributed by atoms with Crippen LogP contribution in [0.25, 0.3) is 0 Å². The number of amides is 1. The number of nitrogens with zero attached hydrogens (tertiary/aromatic N) is 2. The maximum atomic E-state index is 13.3. The summed E-state index contributed by atoms with van der Waals surface area (Å²) in [6.45, 7) is 7.85. The van der Waals surface area contributed by atoms with Crippen LogP contribution >= 0.6 is 0 Å². The summed E-state index contributed by atoms with van der Waals surface area (Å²) in [5, 5.41) is 11.2. The number of hydrogen-bond acceptors (Lipinski definition) is 7. The predicted molar refractivity (Wildman–Crippen MR) is 137 cm³/mol. The molecule has 0 radical (unpaired) electrons. The van der Waals surface area contributed by atoms with Gasteiger partial charge in [0.2, 0.25) is 5.91 Å². The third-order valence-electron chi connectivity index (χ3n) is 9.48. The Hall–Kier alpha value is -0.770. The minimum absolute atomic E-state index is 0.168. The van der Waals surface area contributed by atoms with E-state index in [4.69, 9.17) is 9.47 Å². The molecule has 0 bridgehead atoms. The lowest BCUT2D eigenvalue weighted by atomic mass is 9.78. The first-order chi connectivity index (χ1) is 17.2. The summed E-state index contributed by atoms with van der Waals surface area (Å²) in [7, 11) is 1.85. The molecule has 35 heavy (non-hydrogen) atoms. The number of methoxy groups -OCH3 is 1. The molecule has 8 heteroatoms. The Bertz CT molecular complexity index is 651. The quantitative estimate of drug-likeness (QED) is 0.501. The maximum absolute atomic E-state index is 13.3. The number of carbonyl (C=O) groups is 1. The zero-order valence-electron chi connectivity index (χ0n) is 21.9. The van der Waals surface area contributed by atoms with Crippen molar-refractivity contribution in [3.8, 4) is 0 Å². The van der Waals surface area contributed by atoms with Crippen LogP contribution in [-0.4, -0.2) is 99.8 Å². The first-order valence-electron chi connectivity index (χ1n) is 14.6. The van der Waals surface area contributed by atoms with Crippen LogP contribution < -0.4 is 16.0 Å². The maximum Gasteiger partial charge on any atom is 0.225 e. The highest BCUT2D eigenvalue weighted by molar-refractivity contribution is 5.79. The molecule has 1 amide bonds. The van der Waals surface area contributed by atoms with E-state index in [0.717, 1.165) is 77.6 Å². The molecule has 3 aliphatic heterocycles. The Morgan fingerprint density at radius 3 is 2.40 bits per heavy atom. The van der Waals surface area contributed by atoms with Crippen molar-refractivity contribution in [2.75, 3.05) is 59.5 Å². The van der Waals surface area contributed by atoms with Crippen LogP contribution in [0.1, 0.15) is 64.2 Å². The fraction of sp³-hybridized carbons (Fsp3) is 0.963. The lowest BCUT2D eigenvalue weighted by molar-refractivity contribution is -0.138. The Morgan fingerprint density at radius 1 is 0.943 bits per heavy atom. The fourth-order valence-electron chi connectivity index (χ4n) is 7.22. The van der Waals surface area contributed by atoms with Crippen LogP contribution in [0.3, 0.4) is 0 Å². The van der Waals surface area contributed by atoms with E-state index in [9.17, 15) is 4.79 Å². The van der Waals surface area contributed by atoms with E-state index >= 15 is 0 Å². The van der Waals surface area contributed by atoms with E-state index in [0.29, 0.717) is 30.1 Å². The Kier molecular flexibility index (Phi) is 9.35. The summed E-state index contributed by atoms with van der Waals surface area (Å²) in [5.74, 6) is 2.10. The molecule has 2 saturated carbocycles. The van der Waals surface area contributed by atoms with E-state index in [1.165, 1.54) is 44.9 Å². The molecule has 0 aromatic rings. The molecule has 2 aliphatic carbocycles. The van der Waals surface area contributed by atoms with Gasteiger partial charge in [-0.05, 0) is 69.6 Å². The van der Waals surface area contributed by atoms with E-state index in [1.807, 2.05) is 7.11 Å². The fourth-order valence-corrected chi connectivity index (χ4v) is 7.22. The second-order valence-electron chi connectivity index (χ2n) is 11.8. The smallest absolute Gasteiger partial charge is 0.225 e. The van der Waals surface area contributed by atoms with Crippen molar-refractivity contribution < 1.29 is 14.3 Å². The van der Waals surface area contributed by atoms with Gasteiger partial charge < -0.3 is 14.4 Å². The Labute approximate surface area is 212 Å². The van der Waals surface area contributed by atoms with Gasteiger partial charge >= 0.3 is 0 Å². The summed E-state index contributed by atoms with van der Waals surface area (Å²) in [6.07, 6.45) is 12.8.